The number of hydrogen-bond acceptors (Lipinski definition) is 4. The summed E-state index contributed by atoms with van der Waals surface area (Å²) in [6.07, 6.45) is 2.97. The van der Waals surface area contributed by atoms with Gasteiger partial charge < -0.3 is 9.52 Å². The highest BCUT2D eigenvalue weighted by molar-refractivity contribution is 6.33. The third-order valence-electron chi connectivity index (χ3n) is 2.70. The van der Waals surface area contributed by atoms with E-state index in [1.165, 1.54) is 22.9 Å². The van der Waals surface area contributed by atoms with Gasteiger partial charge in [-0.2, -0.15) is 0 Å². The van der Waals surface area contributed by atoms with Crippen molar-refractivity contribution >= 4 is 23.2 Å². The van der Waals surface area contributed by atoms with Gasteiger partial charge in [0.2, 0.25) is 0 Å². The molecule has 1 N–H and O–H groups in total. The summed E-state index contributed by atoms with van der Waals surface area (Å²) in [5.41, 5.74) is 1.18. The first-order valence-electron chi connectivity index (χ1n) is 5.39. The first-order chi connectivity index (χ1) is 9.06. The van der Waals surface area contributed by atoms with Crippen LogP contribution in [0.15, 0.2) is 29.0 Å². The van der Waals surface area contributed by atoms with Crippen LogP contribution in [0.5, 0.6) is 0 Å². The molecule has 0 saturated carbocycles. The van der Waals surface area contributed by atoms with Crippen LogP contribution in [0.4, 0.5) is 0 Å². The average molecular weight is 278 g/mol. The van der Waals surface area contributed by atoms with E-state index in [0.717, 1.165) is 5.76 Å². The predicted octanol–water partition coefficient (Wildman–Crippen LogP) is 2.65. The van der Waals surface area contributed by atoms with Gasteiger partial charge in [0.1, 0.15) is 12.0 Å². The van der Waals surface area contributed by atoms with Crippen molar-refractivity contribution in [1.82, 2.24) is 14.6 Å². The van der Waals surface area contributed by atoms with Gasteiger partial charge in [0.05, 0.1) is 16.1 Å². The number of furan rings is 1. The van der Waals surface area contributed by atoms with E-state index in [4.69, 9.17) is 21.1 Å². The monoisotopic (exact) mass is 277 g/mol. The van der Waals surface area contributed by atoms with E-state index < -0.39 is 5.97 Å². The summed E-state index contributed by atoms with van der Waals surface area (Å²) in [5.74, 6) is 0.149. The van der Waals surface area contributed by atoms with Crippen molar-refractivity contribution in [3.05, 3.63) is 40.9 Å². The largest absolute Gasteiger partial charge is 0.478 e. The Hall–Kier alpha value is -2.34. The Kier molecular flexibility index (Phi) is 2.53. The van der Waals surface area contributed by atoms with Crippen LogP contribution < -0.4 is 0 Å². The third-order valence-corrected chi connectivity index (χ3v) is 2.97. The Morgan fingerprint density at radius 1 is 1.42 bits per heavy atom. The molecule has 96 valence electrons. The van der Waals surface area contributed by atoms with Crippen LogP contribution in [0.2, 0.25) is 5.02 Å². The number of aromatic nitrogens is 3. The second-order valence-electron chi connectivity index (χ2n) is 4.05. The summed E-state index contributed by atoms with van der Waals surface area (Å²) in [6.45, 7) is 1.81. The van der Waals surface area contributed by atoms with Crippen LogP contribution in [0.25, 0.3) is 17.0 Å². The number of carboxylic acid groups (broad SMARTS) is 1. The van der Waals surface area contributed by atoms with Gasteiger partial charge in [-0.15, -0.1) is 10.2 Å². The third kappa shape index (κ3) is 1.86. The van der Waals surface area contributed by atoms with E-state index >= 15 is 0 Å². The fourth-order valence-electron chi connectivity index (χ4n) is 1.83. The van der Waals surface area contributed by atoms with Crippen molar-refractivity contribution in [2.24, 2.45) is 0 Å². The van der Waals surface area contributed by atoms with Gasteiger partial charge in [-0.25, -0.2) is 4.79 Å². The van der Waals surface area contributed by atoms with Gasteiger partial charge >= 0.3 is 5.97 Å². The van der Waals surface area contributed by atoms with Crippen LogP contribution in [0.3, 0.4) is 0 Å². The highest BCUT2D eigenvalue weighted by atomic mass is 35.5. The number of aryl methyl sites for hydroxylation is 1. The summed E-state index contributed by atoms with van der Waals surface area (Å²) in [5, 5.41) is 17.2. The summed E-state index contributed by atoms with van der Waals surface area (Å²) in [6, 6.07) is 3.14. The van der Waals surface area contributed by atoms with E-state index in [1.54, 1.807) is 6.07 Å². The lowest BCUT2D eigenvalue weighted by Gasteiger charge is -2.01. The van der Waals surface area contributed by atoms with Crippen LogP contribution in [-0.4, -0.2) is 25.7 Å². The minimum atomic E-state index is -1.06. The zero-order valence-corrected chi connectivity index (χ0v) is 10.5. The van der Waals surface area contributed by atoms with Gasteiger partial charge in [-0.1, -0.05) is 11.6 Å². The average Bonchev–Trinajstić information content (AvgIpc) is 2.94. The molecular weight excluding hydrogens is 270 g/mol. The molecule has 0 aliphatic rings. The fraction of sp³-hybridized carbons (Fsp3) is 0.0833. The summed E-state index contributed by atoms with van der Waals surface area (Å²) in [7, 11) is 0. The van der Waals surface area contributed by atoms with Crippen molar-refractivity contribution in [2.75, 3.05) is 0 Å². The maximum absolute atomic E-state index is 11.0. The topological polar surface area (TPSA) is 80.6 Å². The van der Waals surface area contributed by atoms with Crippen molar-refractivity contribution in [2.45, 2.75) is 6.92 Å². The molecule has 3 rings (SSSR count). The molecule has 6 nitrogen and oxygen atoms in total. The maximum Gasteiger partial charge on any atom is 0.337 e. The molecule has 0 radical (unpaired) electrons. The number of fused-ring (bicyclic) bond motifs is 1. The second kappa shape index (κ2) is 4.10. The van der Waals surface area contributed by atoms with Crippen molar-refractivity contribution in [3.8, 4) is 11.4 Å². The molecule has 3 aromatic rings. The molecule has 0 spiro atoms. The summed E-state index contributed by atoms with van der Waals surface area (Å²) >= 11 is 6.00. The van der Waals surface area contributed by atoms with Crippen molar-refractivity contribution in [1.29, 1.82) is 0 Å². The lowest BCUT2D eigenvalue weighted by atomic mass is 10.2. The summed E-state index contributed by atoms with van der Waals surface area (Å²) < 4.78 is 6.75. The molecule has 3 aromatic heterocycles. The molecule has 0 saturated heterocycles. The van der Waals surface area contributed by atoms with Crippen LogP contribution in [0, 0.1) is 6.92 Å². The minimum Gasteiger partial charge on any atom is -0.478 e. The smallest absolute Gasteiger partial charge is 0.337 e. The molecule has 0 atom stereocenters. The normalized spacial score (nSPS) is 11.1. The molecule has 0 fully saturated rings. The molecule has 0 unspecified atom stereocenters. The zero-order chi connectivity index (χ0) is 13.6. The van der Waals surface area contributed by atoms with Gasteiger partial charge in [-0.05, 0) is 19.1 Å². The van der Waals surface area contributed by atoms with E-state index in [1.807, 2.05) is 6.92 Å². The Balaban J connectivity index is 2.29. The van der Waals surface area contributed by atoms with Gasteiger partial charge in [0.25, 0.3) is 0 Å². The number of hydrogen-bond donors (Lipinski definition) is 1. The van der Waals surface area contributed by atoms with Crippen molar-refractivity contribution in [3.63, 3.8) is 0 Å². The Morgan fingerprint density at radius 3 is 2.84 bits per heavy atom. The van der Waals surface area contributed by atoms with E-state index in [0.29, 0.717) is 17.0 Å². The van der Waals surface area contributed by atoms with Gasteiger partial charge in [0, 0.05) is 6.20 Å². The molecule has 3 heterocycles. The molecule has 0 aliphatic carbocycles. The molecule has 0 aliphatic heterocycles. The van der Waals surface area contributed by atoms with Crippen LogP contribution >= 0.6 is 11.6 Å². The molecule has 7 heteroatoms. The first kappa shape index (κ1) is 11.7. The number of carboxylic acids is 1. The Bertz CT molecular complexity index is 791. The number of halogens is 1. The molecule has 0 amide bonds. The van der Waals surface area contributed by atoms with Crippen LogP contribution in [-0.2, 0) is 0 Å². The number of pyridine rings is 1. The molecule has 0 bridgehead atoms. The Morgan fingerprint density at radius 2 is 2.21 bits per heavy atom. The predicted molar refractivity (Wildman–Crippen MR) is 67.4 cm³/mol. The molecule has 19 heavy (non-hydrogen) atoms. The van der Waals surface area contributed by atoms with E-state index in [9.17, 15) is 4.79 Å². The minimum absolute atomic E-state index is 0.0683. The number of aromatic carboxylic acids is 1. The standard InChI is InChI=1S/C12H8ClN3O3/c1-6-2-8(5-19-6)10-14-15-11-9(13)3-7(12(17)18)4-16(10)11/h2-5H,1H3,(H,17,18). The maximum atomic E-state index is 11.0. The number of carbonyl (C=O) groups is 1. The van der Waals surface area contributed by atoms with Crippen LogP contribution in [0.1, 0.15) is 16.1 Å². The molecular formula is C12H8ClN3O3. The second-order valence-corrected chi connectivity index (χ2v) is 4.45. The highest BCUT2D eigenvalue weighted by Crippen LogP contribution is 2.25. The quantitative estimate of drug-likeness (QED) is 0.779. The number of nitrogens with zero attached hydrogens (tertiary/aromatic N) is 3. The van der Waals surface area contributed by atoms with Crippen molar-refractivity contribution < 1.29 is 14.3 Å². The number of rotatable bonds is 2. The SMILES string of the molecule is Cc1cc(-c2nnc3c(Cl)cc(C(=O)O)cn23)co1. The zero-order valence-electron chi connectivity index (χ0n) is 9.79. The summed E-state index contributed by atoms with van der Waals surface area (Å²) in [4.78, 5) is 11.0. The molecule has 0 aromatic carbocycles. The lowest BCUT2D eigenvalue weighted by Crippen LogP contribution is -2.00. The van der Waals surface area contributed by atoms with E-state index in [-0.39, 0.29) is 10.6 Å². The van der Waals surface area contributed by atoms with Gasteiger partial charge in [0.15, 0.2) is 11.5 Å². The van der Waals surface area contributed by atoms with Gasteiger partial charge in [-0.3, -0.25) is 4.40 Å². The first-order valence-corrected chi connectivity index (χ1v) is 5.77. The highest BCUT2D eigenvalue weighted by Gasteiger charge is 2.15. The lowest BCUT2D eigenvalue weighted by molar-refractivity contribution is 0.0696. The fourth-order valence-corrected chi connectivity index (χ4v) is 2.07. The van der Waals surface area contributed by atoms with E-state index in [2.05, 4.69) is 10.2 Å². The Labute approximate surface area is 112 Å².